The van der Waals surface area contributed by atoms with Crippen molar-refractivity contribution >= 4 is 20.8 Å². The summed E-state index contributed by atoms with van der Waals surface area (Å²) >= 11 is 0. The van der Waals surface area contributed by atoms with Crippen LogP contribution in [0.15, 0.2) is 0 Å². The van der Waals surface area contributed by atoms with Gasteiger partial charge in [-0.3, -0.25) is 16.8 Å². The second-order valence-corrected chi connectivity index (χ2v) is 2.45. The van der Waals surface area contributed by atoms with Gasteiger partial charge in [0.1, 0.15) is 0 Å². The molecule has 14 heteroatoms. The summed E-state index contributed by atoms with van der Waals surface area (Å²) in [6, 6.07) is 0. The molecule has 0 bridgehead atoms. The van der Waals surface area contributed by atoms with Crippen LogP contribution in [0.3, 0.4) is 0 Å². The minimum atomic E-state index is -5.17. The van der Waals surface area contributed by atoms with Gasteiger partial charge in [-0.05, 0) is 0 Å². The van der Waals surface area contributed by atoms with Crippen molar-refractivity contribution in [3.05, 3.63) is 0 Å². The Morgan fingerprint density at radius 1 is 0.571 bits per heavy atom. The third-order valence-corrected chi connectivity index (χ3v) is 0. The van der Waals surface area contributed by atoms with Crippen LogP contribution in [0.25, 0.3) is 0 Å². The molecule has 0 spiro atoms. The quantitative estimate of drug-likeness (QED) is 0.240. The topological polar surface area (TPSA) is 161 Å². The summed E-state index contributed by atoms with van der Waals surface area (Å²) in [6.07, 6.45) is 0. The minimum absolute atomic E-state index is 0. The second-order valence-electron chi connectivity index (χ2n) is 0.816. The fourth-order valence-corrected chi connectivity index (χ4v) is 0. The third-order valence-electron chi connectivity index (χ3n) is 0. The van der Waals surface area contributed by atoms with E-state index in [0.717, 1.165) is 0 Å². The standard InChI is InChI=1S/3K.Na.2H2O4S/c;;;;2*1-5(2,3)4/h;;;;2*(H2,1,2,3,4)/q4*+1;;/p-4. The van der Waals surface area contributed by atoms with E-state index in [1.807, 2.05) is 0 Å². The molecule has 14 heavy (non-hydrogen) atoms. The molecule has 0 saturated carbocycles. The van der Waals surface area contributed by atoms with Crippen LogP contribution in [0, 0.1) is 0 Å². The fraction of sp³-hybridized carbons (Fsp3) is 0. The predicted octanol–water partition coefficient (Wildman–Crippen LogP) is -14.7. The van der Waals surface area contributed by atoms with Crippen molar-refractivity contribution in [2.75, 3.05) is 0 Å². The van der Waals surface area contributed by atoms with Crippen molar-refractivity contribution in [1.29, 1.82) is 0 Å². The molecule has 0 aromatic rings. The maximum atomic E-state index is 8.52. The molecular weight excluding hydrogens is 332 g/mol. The molecule has 0 heterocycles. The Morgan fingerprint density at radius 2 is 0.571 bits per heavy atom. The second kappa shape index (κ2) is 18.6. The molecule has 0 aromatic carbocycles. The van der Waals surface area contributed by atoms with Gasteiger partial charge in [0.25, 0.3) is 0 Å². The minimum Gasteiger partial charge on any atom is -0.759 e. The maximum Gasteiger partial charge on any atom is 1.00 e. The van der Waals surface area contributed by atoms with Crippen LogP contribution in [-0.2, 0) is 20.8 Å². The van der Waals surface area contributed by atoms with E-state index in [1.54, 1.807) is 0 Å². The van der Waals surface area contributed by atoms with Crippen molar-refractivity contribution in [1.82, 2.24) is 0 Å². The van der Waals surface area contributed by atoms with Gasteiger partial charge in [-0.15, -0.1) is 0 Å². The van der Waals surface area contributed by atoms with Crippen LogP contribution in [0.1, 0.15) is 0 Å². The van der Waals surface area contributed by atoms with E-state index in [4.69, 9.17) is 35.0 Å². The first-order chi connectivity index (χ1) is 4.00. The number of rotatable bonds is 0. The molecule has 8 nitrogen and oxygen atoms in total. The van der Waals surface area contributed by atoms with Crippen LogP contribution in [0.5, 0.6) is 0 Å². The summed E-state index contributed by atoms with van der Waals surface area (Å²) in [5, 5.41) is 0. The van der Waals surface area contributed by atoms with Gasteiger partial charge in [0.05, 0.1) is 0 Å². The Hall–Kier alpha value is 5.65. The smallest absolute Gasteiger partial charge is 0.759 e. The van der Waals surface area contributed by atoms with Gasteiger partial charge in [0.2, 0.25) is 0 Å². The van der Waals surface area contributed by atoms with Gasteiger partial charge < -0.3 is 18.2 Å². The Morgan fingerprint density at radius 3 is 0.571 bits per heavy atom. The summed E-state index contributed by atoms with van der Waals surface area (Å²) in [5.41, 5.74) is 0. The fourth-order valence-electron chi connectivity index (χ4n) is 0. The van der Waals surface area contributed by atoms with E-state index in [2.05, 4.69) is 0 Å². The Bertz CT molecular complexity index is 219. The molecule has 64 valence electrons. The Kier molecular flexibility index (Phi) is 48.9. The van der Waals surface area contributed by atoms with E-state index in [0.29, 0.717) is 0 Å². The summed E-state index contributed by atoms with van der Waals surface area (Å²) in [6.45, 7) is 0. The van der Waals surface area contributed by atoms with Gasteiger partial charge in [0, 0.05) is 20.8 Å². The summed E-state index contributed by atoms with van der Waals surface area (Å²) < 4.78 is 68.2. The SMILES string of the molecule is O=S(=O)([O-])[O-].O=S(=O)([O-])[O-].[K+].[K+].[K+].[Na+]. The summed E-state index contributed by atoms with van der Waals surface area (Å²) in [4.78, 5) is 0. The number of hydrogen-bond donors (Lipinski definition) is 0. The van der Waals surface area contributed by atoms with E-state index in [9.17, 15) is 0 Å². The largest absolute Gasteiger partial charge is 1.00 e. The van der Waals surface area contributed by atoms with Crippen LogP contribution in [0.4, 0.5) is 0 Å². The van der Waals surface area contributed by atoms with E-state index in [1.165, 1.54) is 0 Å². The van der Waals surface area contributed by atoms with Crippen LogP contribution in [0.2, 0.25) is 0 Å². The number of hydrogen-bond acceptors (Lipinski definition) is 8. The van der Waals surface area contributed by atoms with Crippen LogP contribution < -0.4 is 184 Å². The molecule has 0 aliphatic rings. The van der Waals surface area contributed by atoms with Gasteiger partial charge in [-0.1, -0.05) is 0 Å². The summed E-state index contributed by atoms with van der Waals surface area (Å²) in [7, 11) is -10.3. The average molecular weight is 332 g/mol. The van der Waals surface area contributed by atoms with E-state index in [-0.39, 0.29) is 184 Å². The van der Waals surface area contributed by atoms with Gasteiger partial charge in [0.15, 0.2) is 0 Å². The zero-order valence-corrected chi connectivity index (χ0v) is 21.1. The molecule has 0 radical (unpaired) electrons. The molecule has 0 aliphatic carbocycles. The van der Waals surface area contributed by atoms with E-state index >= 15 is 0 Å². The first-order valence-electron chi connectivity index (χ1n) is 1.33. The molecule has 0 atom stereocenters. The molecule has 0 rings (SSSR count). The Labute approximate surface area is 232 Å². The van der Waals surface area contributed by atoms with Crippen molar-refractivity contribution < 1.29 is 219 Å². The normalized spacial score (nSPS) is 8.29. The van der Waals surface area contributed by atoms with E-state index < -0.39 is 20.8 Å². The zero-order chi connectivity index (χ0) is 9.00. The molecule has 0 fully saturated rings. The predicted molar refractivity (Wildman–Crippen MR) is 20.9 cm³/mol. The van der Waals surface area contributed by atoms with Crippen molar-refractivity contribution in [2.45, 2.75) is 0 Å². The monoisotopic (exact) mass is 332 g/mol. The molecule has 0 saturated heterocycles. The van der Waals surface area contributed by atoms with Crippen molar-refractivity contribution in [3.8, 4) is 0 Å². The summed E-state index contributed by atoms with van der Waals surface area (Å²) in [5.74, 6) is 0. The maximum absolute atomic E-state index is 8.52. The van der Waals surface area contributed by atoms with Crippen LogP contribution in [-0.4, -0.2) is 35.0 Å². The molecule has 0 unspecified atom stereocenters. The average Bonchev–Trinajstić information content (AvgIpc) is 1.12. The first-order valence-corrected chi connectivity index (χ1v) is 4.00. The van der Waals surface area contributed by atoms with Gasteiger partial charge in [-0.2, -0.15) is 0 Å². The molecule has 0 aromatic heterocycles. The molecule has 0 amide bonds. The third kappa shape index (κ3) is 153. The van der Waals surface area contributed by atoms with Crippen molar-refractivity contribution in [2.24, 2.45) is 0 Å². The van der Waals surface area contributed by atoms with Gasteiger partial charge >= 0.3 is 184 Å². The zero-order valence-electron chi connectivity index (χ0n) is 8.08. The molecule has 0 N–H and O–H groups in total. The van der Waals surface area contributed by atoms with Crippen molar-refractivity contribution in [3.63, 3.8) is 0 Å². The Balaban J connectivity index is -0.0000000178. The molecular formula is K3NaO8S2. The van der Waals surface area contributed by atoms with Crippen LogP contribution >= 0.6 is 0 Å². The first kappa shape index (κ1) is 36.7. The molecule has 0 aliphatic heterocycles. The van der Waals surface area contributed by atoms with Gasteiger partial charge in [-0.25, -0.2) is 0 Å².